The average Bonchev–Trinajstić information content (AvgIpc) is 3.14. The molecule has 2 aliphatic heterocycles. The standard InChI is InChI=1S/C21H39NO5Si/c1-15(10-6-7-11-19(24)22-12-8-9-13-22)25-20-17(23)14-18(16(2)26-20)27-28-21(3,4)5/h7,11,15-18,20,23H,6,8-10,12-14,28H2,1-5H3/b11-7+/t15-,16+,17-,18-,20-/m1/s1. The number of carbonyl (C=O) groups excluding carboxylic acids is 1. The van der Waals surface area contributed by atoms with Crippen LogP contribution >= 0.6 is 0 Å². The first-order chi connectivity index (χ1) is 13.2. The molecule has 0 spiro atoms. The maximum atomic E-state index is 12.0. The summed E-state index contributed by atoms with van der Waals surface area (Å²) in [5, 5.41) is 10.6. The Kier molecular flexibility index (Phi) is 9.15. The smallest absolute Gasteiger partial charge is 0.246 e. The number of nitrogens with zero attached hydrogens (tertiary/aromatic N) is 1. The number of allylic oxidation sites excluding steroid dienone is 1. The molecular weight excluding hydrogens is 374 g/mol. The molecule has 0 unspecified atom stereocenters. The van der Waals surface area contributed by atoms with Gasteiger partial charge in [-0.2, -0.15) is 0 Å². The van der Waals surface area contributed by atoms with Gasteiger partial charge < -0.3 is 23.9 Å². The summed E-state index contributed by atoms with van der Waals surface area (Å²) in [5.41, 5.74) is 0. The van der Waals surface area contributed by atoms with Crippen molar-refractivity contribution in [1.82, 2.24) is 4.90 Å². The molecule has 0 aromatic rings. The number of hydrogen-bond donors (Lipinski definition) is 1. The Labute approximate surface area is 172 Å². The lowest BCUT2D eigenvalue weighted by molar-refractivity contribution is -0.270. The Hall–Kier alpha value is -0.733. The van der Waals surface area contributed by atoms with E-state index in [1.165, 1.54) is 0 Å². The zero-order valence-electron chi connectivity index (χ0n) is 18.2. The molecule has 28 heavy (non-hydrogen) atoms. The van der Waals surface area contributed by atoms with Crippen LogP contribution in [-0.4, -0.2) is 69.5 Å². The molecule has 0 aromatic heterocycles. The van der Waals surface area contributed by atoms with Crippen LogP contribution in [0.1, 0.15) is 66.7 Å². The van der Waals surface area contributed by atoms with Gasteiger partial charge in [-0.3, -0.25) is 4.79 Å². The van der Waals surface area contributed by atoms with E-state index in [-0.39, 0.29) is 29.3 Å². The molecular formula is C21H39NO5Si. The van der Waals surface area contributed by atoms with Crippen molar-refractivity contribution in [3.63, 3.8) is 0 Å². The van der Waals surface area contributed by atoms with Crippen LogP contribution in [-0.2, 0) is 18.7 Å². The summed E-state index contributed by atoms with van der Waals surface area (Å²) < 4.78 is 17.9. The number of ether oxygens (including phenoxy) is 2. The van der Waals surface area contributed by atoms with Crippen molar-refractivity contribution < 1.29 is 23.8 Å². The van der Waals surface area contributed by atoms with Gasteiger partial charge in [0.2, 0.25) is 5.91 Å². The second kappa shape index (κ2) is 10.9. The Balaban J connectivity index is 1.69. The largest absolute Gasteiger partial charge is 0.418 e. The van der Waals surface area contributed by atoms with E-state index in [0.29, 0.717) is 6.42 Å². The lowest BCUT2D eigenvalue weighted by Crippen LogP contribution is -2.49. The molecule has 0 radical (unpaired) electrons. The molecule has 0 aromatic carbocycles. The van der Waals surface area contributed by atoms with Crippen molar-refractivity contribution in [2.45, 2.75) is 102 Å². The van der Waals surface area contributed by atoms with E-state index in [0.717, 1.165) is 38.8 Å². The number of carbonyl (C=O) groups is 1. The first-order valence-electron chi connectivity index (χ1n) is 10.7. The van der Waals surface area contributed by atoms with Gasteiger partial charge in [-0.1, -0.05) is 26.8 Å². The zero-order valence-corrected chi connectivity index (χ0v) is 19.6. The lowest BCUT2D eigenvalue weighted by atomic mass is 10.0. The SMILES string of the molecule is C[C@H](CC/C=C/C(=O)N1CCCC1)O[C@@H]1O[C@@H](C)[C@H](O[SiH2]C(C)(C)C)C[C@H]1O. The molecule has 2 aliphatic rings. The van der Waals surface area contributed by atoms with E-state index in [1.807, 2.05) is 24.8 Å². The monoisotopic (exact) mass is 413 g/mol. The highest BCUT2D eigenvalue weighted by Gasteiger charge is 2.37. The van der Waals surface area contributed by atoms with Gasteiger partial charge in [0.1, 0.15) is 6.10 Å². The van der Waals surface area contributed by atoms with Crippen LogP contribution in [0, 0.1) is 0 Å². The molecule has 0 bridgehead atoms. The van der Waals surface area contributed by atoms with Gasteiger partial charge in [-0.25, -0.2) is 0 Å². The van der Waals surface area contributed by atoms with Crippen LogP contribution in [0.4, 0.5) is 0 Å². The Bertz CT molecular complexity index is 515. The molecule has 162 valence electrons. The first-order valence-corrected chi connectivity index (χ1v) is 12.0. The van der Waals surface area contributed by atoms with E-state index < -0.39 is 22.2 Å². The number of aliphatic hydroxyl groups is 1. The van der Waals surface area contributed by atoms with Gasteiger partial charge in [-0.15, -0.1) is 0 Å². The average molecular weight is 414 g/mol. The minimum atomic E-state index is -0.686. The van der Waals surface area contributed by atoms with E-state index in [4.69, 9.17) is 13.9 Å². The van der Waals surface area contributed by atoms with Crippen LogP contribution in [0.3, 0.4) is 0 Å². The van der Waals surface area contributed by atoms with Crippen molar-refractivity contribution in [2.24, 2.45) is 0 Å². The van der Waals surface area contributed by atoms with E-state index in [9.17, 15) is 9.90 Å². The van der Waals surface area contributed by atoms with Crippen molar-refractivity contribution in [2.75, 3.05) is 13.1 Å². The third-order valence-corrected chi connectivity index (χ3v) is 6.64. The summed E-state index contributed by atoms with van der Waals surface area (Å²) in [6, 6.07) is 0. The quantitative estimate of drug-likeness (QED) is 0.489. The summed E-state index contributed by atoms with van der Waals surface area (Å²) in [6.45, 7) is 12.3. The minimum absolute atomic E-state index is 0.0557. The van der Waals surface area contributed by atoms with E-state index >= 15 is 0 Å². The molecule has 5 atom stereocenters. The first kappa shape index (κ1) is 23.5. The van der Waals surface area contributed by atoms with Gasteiger partial charge in [0, 0.05) is 19.5 Å². The third-order valence-electron chi connectivity index (χ3n) is 5.18. The Morgan fingerprint density at radius 3 is 2.68 bits per heavy atom. The molecule has 2 fully saturated rings. The number of rotatable bonds is 8. The molecule has 6 nitrogen and oxygen atoms in total. The lowest BCUT2D eigenvalue weighted by Gasteiger charge is -2.39. The fourth-order valence-electron chi connectivity index (χ4n) is 3.47. The molecule has 0 saturated carbocycles. The van der Waals surface area contributed by atoms with Crippen LogP contribution in [0.2, 0.25) is 5.04 Å². The molecule has 2 rings (SSSR count). The van der Waals surface area contributed by atoms with Crippen molar-refractivity contribution in [1.29, 1.82) is 0 Å². The van der Waals surface area contributed by atoms with Gasteiger partial charge in [0.05, 0.1) is 18.3 Å². The molecule has 1 amide bonds. The predicted octanol–water partition coefficient (Wildman–Crippen LogP) is 2.53. The zero-order chi connectivity index (χ0) is 20.7. The van der Waals surface area contributed by atoms with Crippen molar-refractivity contribution in [3.8, 4) is 0 Å². The van der Waals surface area contributed by atoms with Crippen LogP contribution < -0.4 is 0 Å². The highest BCUT2D eigenvalue weighted by molar-refractivity contribution is 6.31. The summed E-state index contributed by atoms with van der Waals surface area (Å²) in [5.74, 6) is 0.107. The highest BCUT2D eigenvalue weighted by Crippen LogP contribution is 2.28. The number of aliphatic hydroxyl groups excluding tert-OH is 1. The third kappa shape index (κ3) is 7.95. The fourth-order valence-corrected chi connectivity index (χ4v) is 4.59. The number of hydrogen-bond acceptors (Lipinski definition) is 5. The molecule has 1 N–H and O–H groups in total. The van der Waals surface area contributed by atoms with Crippen LogP contribution in [0.5, 0.6) is 0 Å². The summed E-state index contributed by atoms with van der Waals surface area (Å²) in [7, 11) is -0.686. The fraction of sp³-hybridized carbons (Fsp3) is 0.857. The van der Waals surface area contributed by atoms with Crippen LogP contribution in [0.25, 0.3) is 0 Å². The van der Waals surface area contributed by atoms with Crippen molar-refractivity contribution in [3.05, 3.63) is 12.2 Å². The summed E-state index contributed by atoms with van der Waals surface area (Å²) >= 11 is 0. The Morgan fingerprint density at radius 2 is 2.04 bits per heavy atom. The van der Waals surface area contributed by atoms with Gasteiger partial charge in [0.15, 0.2) is 16.1 Å². The van der Waals surface area contributed by atoms with Gasteiger partial charge in [-0.05, 0) is 50.6 Å². The summed E-state index contributed by atoms with van der Waals surface area (Å²) in [6.07, 6.45) is 6.41. The molecule has 2 heterocycles. The summed E-state index contributed by atoms with van der Waals surface area (Å²) in [4.78, 5) is 13.9. The predicted molar refractivity (Wildman–Crippen MR) is 113 cm³/mol. The maximum Gasteiger partial charge on any atom is 0.246 e. The van der Waals surface area contributed by atoms with Gasteiger partial charge in [0.25, 0.3) is 0 Å². The molecule has 2 saturated heterocycles. The minimum Gasteiger partial charge on any atom is -0.418 e. The highest BCUT2D eigenvalue weighted by atomic mass is 28.2. The number of likely N-dealkylation sites (tertiary alicyclic amines) is 1. The topological polar surface area (TPSA) is 68.2 Å². The second-order valence-electron chi connectivity index (χ2n) is 9.38. The molecule has 7 heteroatoms. The van der Waals surface area contributed by atoms with Crippen molar-refractivity contribution >= 4 is 15.7 Å². The van der Waals surface area contributed by atoms with Gasteiger partial charge >= 0.3 is 0 Å². The van der Waals surface area contributed by atoms with E-state index in [2.05, 4.69) is 20.8 Å². The van der Waals surface area contributed by atoms with Crippen LogP contribution in [0.15, 0.2) is 12.2 Å². The molecule has 0 aliphatic carbocycles. The van der Waals surface area contributed by atoms with E-state index in [1.54, 1.807) is 6.08 Å². The maximum absolute atomic E-state index is 12.0. The second-order valence-corrected chi connectivity index (χ2v) is 12.1. The normalized spacial score (nSPS) is 30.6. The Morgan fingerprint density at radius 1 is 1.36 bits per heavy atom. The number of amides is 1.